The van der Waals surface area contributed by atoms with Crippen LogP contribution in [-0.2, 0) is 9.53 Å². The lowest BCUT2D eigenvalue weighted by molar-refractivity contribution is -0.141. The van der Waals surface area contributed by atoms with Gasteiger partial charge in [0.15, 0.2) is 0 Å². The number of hydrogen-bond acceptors (Lipinski definition) is 4. The van der Waals surface area contributed by atoms with Gasteiger partial charge in [-0.05, 0) is 62.5 Å². The number of nitriles is 1. The summed E-state index contributed by atoms with van der Waals surface area (Å²) >= 11 is 0. The lowest BCUT2D eigenvalue weighted by atomic mass is 9.80. The van der Waals surface area contributed by atoms with E-state index in [1.54, 1.807) is 6.07 Å². The minimum Gasteiger partial charge on any atom is -0.426 e. The number of rotatable bonds is 10. The van der Waals surface area contributed by atoms with Crippen LogP contribution in [0.1, 0.15) is 96.0 Å². The van der Waals surface area contributed by atoms with Crippen molar-refractivity contribution in [2.75, 3.05) is 6.61 Å². The van der Waals surface area contributed by atoms with Crippen LogP contribution in [0.4, 0.5) is 4.39 Å². The number of benzene rings is 1. The fourth-order valence-electron chi connectivity index (χ4n) is 5.13. The van der Waals surface area contributed by atoms with Crippen molar-refractivity contribution in [2.24, 2.45) is 17.8 Å². The molecule has 0 amide bonds. The summed E-state index contributed by atoms with van der Waals surface area (Å²) < 4.78 is 25.3. The molecule has 0 N–H and O–H groups in total. The van der Waals surface area contributed by atoms with Crippen LogP contribution in [0.25, 0.3) is 0 Å². The fourth-order valence-corrected chi connectivity index (χ4v) is 5.13. The van der Waals surface area contributed by atoms with E-state index in [0.29, 0.717) is 5.92 Å². The lowest BCUT2D eigenvalue weighted by Crippen LogP contribution is -2.30. The summed E-state index contributed by atoms with van der Waals surface area (Å²) in [7, 11) is 0. The highest BCUT2D eigenvalue weighted by atomic mass is 19.1. The molecule has 3 rings (SSSR count). The van der Waals surface area contributed by atoms with Gasteiger partial charge in [0.2, 0.25) is 0 Å². The Kier molecular flexibility index (Phi) is 9.99. The number of ether oxygens (including phenoxy) is 2. The molecule has 5 heteroatoms. The second-order valence-corrected chi connectivity index (χ2v) is 9.72. The molecule has 0 aromatic heterocycles. The van der Waals surface area contributed by atoms with E-state index in [9.17, 15) is 9.18 Å². The van der Waals surface area contributed by atoms with Crippen molar-refractivity contribution in [1.29, 1.82) is 5.26 Å². The van der Waals surface area contributed by atoms with Gasteiger partial charge in [-0.1, -0.05) is 51.9 Å². The highest BCUT2D eigenvalue weighted by Crippen LogP contribution is 2.34. The molecule has 0 bridgehead atoms. The standard InChI is InChI=1S/C27H38FNO3/c1-2-3-4-5-6-20-7-9-21(10-8-20)19-31-24-14-11-22(12-15-24)27(30)32-25-16-13-23(18-29)26(28)17-25/h13,16-17,20-22,24H,2-12,14-15,19H2,1H3. The summed E-state index contributed by atoms with van der Waals surface area (Å²) in [4.78, 5) is 12.4. The number of carbonyl (C=O) groups excluding carboxylic acids is 1. The van der Waals surface area contributed by atoms with E-state index < -0.39 is 5.82 Å². The van der Waals surface area contributed by atoms with Gasteiger partial charge >= 0.3 is 5.97 Å². The first-order valence-electron chi connectivity index (χ1n) is 12.6. The van der Waals surface area contributed by atoms with Crippen LogP contribution in [0.3, 0.4) is 0 Å². The first-order valence-corrected chi connectivity index (χ1v) is 12.6. The summed E-state index contributed by atoms with van der Waals surface area (Å²) in [6.45, 7) is 3.12. The average molecular weight is 444 g/mol. The highest BCUT2D eigenvalue weighted by Gasteiger charge is 2.29. The zero-order valence-electron chi connectivity index (χ0n) is 19.5. The summed E-state index contributed by atoms with van der Waals surface area (Å²) in [5, 5.41) is 8.80. The maximum atomic E-state index is 13.7. The molecule has 32 heavy (non-hydrogen) atoms. The molecular formula is C27H38FNO3. The third kappa shape index (κ3) is 7.59. The molecule has 176 valence electrons. The largest absolute Gasteiger partial charge is 0.426 e. The summed E-state index contributed by atoms with van der Waals surface area (Å²) in [6, 6.07) is 5.67. The van der Waals surface area contributed by atoms with Gasteiger partial charge in [-0.3, -0.25) is 4.79 Å². The monoisotopic (exact) mass is 443 g/mol. The molecular weight excluding hydrogens is 405 g/mol. The van der Waals surface area contributed by atoms with Gasteiger partial charge < -0.3 is 9.47 Å². The van der Waals surface area contributed by atoms with E-state index in [-0.39, 0.29) is 29.3 Å². The molecule has 0 radical (unpaired) electrons. The molecule has 0 atom stereocenters. The Labute approximate surface area is 192 Å². The van der Waals surface area contributed by atoms with Gasteiger partial charge in [0, 0.05) is 12.7 Å². The number of esters is 1. The van der Waals surface area contributed by atoms with Crippen molar-refractivity contribution in [2.45, 2.75) is 96.5 Å². The van der Waals surface area contributed by atoms with Crippen molar-refractivity contribution in [3.8, 4) is 11.8 Å². The molecule has 1 aromatic carbocycles. The van der Waals surface area contributed by atoms with E-state index in [2.05, 4.69) is 6.92 Å². The Morgan fingerprint density at radius 1 is 1.03 bits per heavy atom. The molecule has 2 aliphatic carbocycles. The molecule has 4 nitrogen and oxygen atoms in total. The van der Waals surface area contributed by atoms with Crippen molar-refractivity contribution >= 4 is 5.97 Å². The Morgan fingerprint density at radius 2 is 1.75 bits per heavy atom. The number of hydrogen-bond donors (Lipinski definition) is 0. The fraction of sp³-hybridized carbons (Fsp3) is 0.704. The highest BCUT2D eigenvalue weighted by molar-refractivity contribution is 5.75. The van der Waals surface area contributed by atoms with Crippen LogP contribution in [0.15, 0.2) is 18.2 Å². The summed E-state index contributed by atoms with van der Waals surface area (Å²) in [5.74, 6) is 0.623. The molecule has 0 aliphatic heterocycles. The number of carbonyl (C=O) groups is 1. The van der Waals surface area contributed by atoms with Crippen LogP contribution in [0.5, 0.6) is 5.75 Å². The molecule has 2 aliphatic rings. The Hall–Kier alpha value is -1.93. The van der Waals surface area contributed by atoms with Gasteiger partial charge in [0.25, 0.3) is 0 Å². The van der Waals surface area contributed by atoms with Crippen LogP contribution < -0.4 is 4.74 Å². The predicted octanol–water partition coefficient (Wildman–Crippen LogP) is 6.95. The van der Waals surface area contributed by atoms with Crippen molar-refractivity contribution in [3.05, 3.63) is 29.6 Å². The molecule has 0 saturated heterocycles. The molecule has 2 fully saturated rings. The van der Waals surface area contributed by atoms with E-state index in [1.807, 2.05) is 0 Å². The molecule has 0 heterocycles. The quantitative estimate of drug-likeness (QED) is 0.223. The first-order chi connectivity index (χ1) is 15.6. The number of unbranched alkanes of at least 4 members (excludes halogenated alkanes) is 3. The average Bonchev–Trinajstić information content (AvgIpc) is 2.82. The predicted molar refractivity (Wildman–Crippen MR) is 123 cm³/mol. The van der Waals surface area contributed by atoms with Crippen LogP contribution in [0.2, 0.25) is 0 Å². The van der Waals surface area contributed by atoms with E-state index in [4.69, 9.17) is 14.7 Å². The zero-order valence-corrected chi connectivity index (χ0v) is 19.5. The number of halogens is 1. The topological polar surface area (TPSA) is 59.3 Å². The van der Waals surface area contributed by atoms with Crippen molar-refractivity contribution < 1.29 is 18.7 Å². The van der Waals surface area contributed by atoms with Crippen LogP contribution >= 0.6 is 0 Å². The van der Waals surface area contributed by atoms with E-state index in [1.165, 1.54) is 69.9 Å². The first kappa shape index (κ1) is 24.7. The maximum absolute atomic E-state index is 13.7. The zero-order chi connectivity index (χ0) is 22.8. The van der Waals surface area contributed by atoms with Crippen molar-refractivity contribution in [3.63, 3.8) is 0 Å². The van der Waals surface area contributed by atoms with Gasteiger partial charge in [-0.2, -0.15) is 5.26 Å². The molecule has 2 saturated carbocycles. The molecule has 0 unspecified atom stereocenters. The van der Waals surface area contributed by atoms with E-state index in [0.717, 1.165) is 44.3 Å². The minimum absolute atomic E-state index is 0.0529. The van der Waals surface area contributed by atoms with Crippen molar-refractivity contribution in [1.82, 2.24) is 0 Å². The summed E-state index contributed by atoms with van der Waals surface area (Å²) in [5.41, 5.74) is -0.0529. The minimum atomic E-state index is -0.666. The van der Waals surface area contributed by atoms with Crippen LogP contribution in [-0.4, -0.2) is 18.7 Å². The smallest absolute Gasteiger partial charge is 0.314 e. The van der Waals surface area contributed by atoms with Gasteiger partial charge in [-0.25, -0.2) is 4.39 Å². The summed E-state index contributed by atoms with van der Waals surface area (Å²) in [6.07, 6.45) is 15.6. The Balaban J connectivity index is 1.30. The number of nitrogens with zero attached hydrogens (tertiary/aromatic N) is 1. The maximum Gasteiger partial charge on any atom is 0.314 e. The molecule has 0 spiro atoms. The van der Waals surface area contributed by atoms with Crippen LogP contribution in [0, 0.1) is 34.9 Å². The van der Waals surface area contributed by atoms with Gasteiger partial charge in [0.05, 0.1) is 17.6 Å². The Bertz CT molecular complexity index is 759. The second kappa shape index (κ2) is 12.9. The SMILES string of the molecule is CCCCCCC1CCC(COC2CCC(C(=O)Oc3ccc(C#N)c(F)c3)CC2)CC1. The Morgan fingerprint density at radius 3 is 2.41 bits per heavy atom. The van der Waals surface area contributed by atoms with Gasteiger partial charge in [0.1, 0.15) is 17.6 Å². The van der Waals surface area contributed by atoms with E-state index >= 15 is 0 Å². The lowest BCUT2D eigenvalue weighted by Gasteiger charge is -2.31. The second-order valence-electron chi connectivity index (χ2n) is 9.72. The van der Waals surface area contributed by atoms with Gasteiger partial charge in [-0.15, -0.1) is 0 Å². The third-order valence-electron chi connectivity index (χ3n) is 7.29. The molecule has 1 aromatic rings. The normalized spacial score (nSPS) is 25.8. The third-order valence-corrected chi connectivity index (χ3v) is 7.29.